The van der Waals surface area contributed by atoms with Crippen LogP contribution in [-0.2, 0) is 4.79 Å². The molecule has 1 rings (SSSR count). The molecule has 7 nitrogen and oxygen atoms in total. The second kappa shape index (κ2) is 4.92. The van der Waals surface area contributed by atoms with Gasteiger partial charge < -0.3 is 25.7 Å². The van der Waals surface area contributed by atoms with Crippen LogP contribution in [0.1, 0.15) is 17.3 Å². The Morgan fingerprint density at radius 1 is 1.33 bits per heavy atom. The summed E-state index contributed by atoms with van der Waals surface area (Å²) in [5, 5.41) is 38.6. The number of nitrogens with one attached hydrogen (secondary N) is 1. The minimum atomic E-state index is -2.10. The van der Waals surface area contributed by atoms with E-state index in [0.29, 0.717) is 0 Å². The molecule has 0 fully saturated rings. The standard InChI is InChI=1S/C11H13NO6/c1-11(18,10(16)17)5-12-9(15)7-3-2-6(13)4-8(7)14/h2-4,13-14,18H,5H2,1H3,(H,12,15)(H,16,17). The van der Waals surface area contributed by atoms with Crippen molar-refractivity contribution >= 4 is 11.9 Å². The predicted molar refractivity (Wildman–Crippen MR) is 60.4 cm³/mol. The molecule has 0 spiro atoms. The van der Waals surface area contributed by atoms with Crippen LogP contribution in [0.4, 0.5) is 0 Å². The number of amides is 1. The number of carboxylic acid groups (broad SMARTS) is 1. The van der Waals surface area contributed by atoms with Gasteiger partial charge in [-0.25, -0.2) is 4.79 Å². The SMILES string of the molecule is CC(O)(CNC(=O)c1ccc(O)cc1O)C(=O)O. The summed E-state index contributed by atoms with van der Waals surface area (Å²) in [4.78, 5) is 22.2. The van der Waals surface area contributed by atoms with Crippen molar-refractivity contribution in [2.24, 2.45) is 0 Å². The van der Waals surface area contributed by atoms with E-state index < -0.39 is 29.8 Å². The fourth-order valence-electron chi connectivity index (χ4n) is 1.14. The van der Waals surface area contributed by atoms with E-state index in [0.717, 1.165) is 13.0 Å². The van der Waals surface area contributed by atoms with E-state index in [9.17, 15) is 19.8 Å². The van der Waals surface area contributed by atoms with Crippen LogP contribution in [0.2, 0.25) is 0 Å². The molecule has 5 N–H and O–H groups in total. The van der Waals surface area contributed by atoms with Gasteiger partial charge in [-0.2, -0.15) is 0 Å². The Balaban J connectivity index is 2.75. The molecule has 0 heterocycles. The average Bonchev–Trinajstić information content (AvgIpc) is 2.25. The second-order valence-electron chi connectivity index (χ2n) is 3.96. The maximum absolute atomic E-state index is 11.6. The van der Waals surface area contributed by atoms with Gasteiger partial charge in [0, 0.05) is 6.07 Å². The van der Waals surface area contributed by atoms with Gasteiger partial charge in [0.1, 0.15) is 11.5 Å². The smallest absolute Gasteiger partial charge is 0.337 e. The van der Waals surface area contributed by atoms with E-state index in [4.69, 9.17) is 10.2 Å². The van der Waals surface area contributed by atoms with Crippen LogP contribution in [0.25, 0.3) is 0 Å². The lowest BCUT2D eigenvalue weighted by Crippen LogP contribution is -2.46. The zero-order valence-corrected chi connectivity index (χ0v) is 9.54. The molecule has 0 aliphatic heterocycles. The Kier molecular flexibility index (Phi) is 3.77. The number of rotatable bonds is 4. The normalized spacial score (nSPS) is 13.7. The molecule has 0 aliphatic carbocycles. The number of carbonyl (C=O) groups is 2. The molecule has 0 aromatic heterocycles. The molecule has 1 unspecified atom stereocenters. The second-order valence-corrected chi connectivity index (χ2v) is 3.96. The van der Waals surface area contributed by atoms with Crippen molar-refractivity contribution in [3.63, 3.8) is 0 Å². The summed E-state index contributed by atoms with van der Waals surface area (Å²) in [5.74, 6) is -2.88. The number of phenolic OH excluding ortho intramolecular Hbond substituents is 2. The molecule has 0 bridgehead atoms. The van der Waals surface area contributed by atoms with Crippen molar-refractivity contribution in [2.45, 2.75) is 12.5 Å². The first-order valence-corrected chi connectivity index (χ1v) is 5.00. The fraction of sp³-hybridized carbons (Fsp3) is 0.273. The molecule has 0 radical (unpaired) electrons. The van der Waals surface area contributed by atoms with E-state index >= 15 is 0 Å². The summed E-state index contributed by atoms with van der Waals surface area (Å²) in [7, 11) is 0. The lowest BCUT2D eigenvalue weighted by Gasteiger charge is -2.18. The topological polar surface area (TPSA) is 127 Å². The first kappa shape index (κ1) is 13.8. The van der Waals surface area contributed by atoms with Crippen molar-refractivity contribution in [2.75, 3.05) is 6.54 Å². The van der Waals surface area contributed by atoms with Gasteiger partial charge in [0.25, 0.3) is 5.91 Å². The maximum atomic E-state index is 11.6. The molecule has 98 valence electrons. The minimum absolute atomic E-state index is 0.131. The number of aliphatic hydroxyl groups is 1. The van der Waals surface area contributed by atoms with Gasteiger partial charge in [-0.05, 0) is 19.1 Å². The summed E-state index contributed by atoms with van der Waals surface area (Å²) in [6, 6.07) is 3.35. The number of phenols is 2. The molecule has 7 heteroatoms. The zero-order chi connectivity index (χ0) is 13.9. The molecule has 0 aliphatic rings. The van der Waals surface area contributed by atoms with Gasteiger partial charge in [-0.3, -0.25) is 4.79 Å². The van der Waals surface area contributed by atoms with Crippen molar-refractivity contribution in [1.29, 1.82) is 0 Å². The molecular formula is C11H13NO6. The molecule has 1 aromatic carbocycles. The third-order valence-electron chi connectivity index (χ3n) is 2.28. The third-order valence-corrected chi connectivity index (χ3v) is 2.28. The van der Waals surface area contributed by atoms with Crippen LogP contribution in [0.15, 0.2) is 18.2 Å². The lowest BCUT2D eigenvalue weighted by atomic mass is 10.1. The molecule has 1 amide bonds. The number of benzene rings is 1. The summed E-state index contributed by atoms with van der Waals surface area (Å²) < 4.78 is 0. The first-order chi connectivity index (χ1) is 8.24. The van der Waals surface area contributed by atoms with Crippen molar-refractivity contribution < 1.29 is 30.0 Å². The van der Waals surface area contributed by atoms with Gasteiger partial charge >= 0.3 is 5.97 Å². The number of hydrogen-bond donors (Lipinski definition) is 5. The highest BCUT2D eigenvalue weighted by molar-refractivity contribution is 5.97. The van der Waals surface area contributed by atoms with Crippen molar-refractivity contribution in [1.82, 2.24) is 5.32 Å². The summed E-state index contributed by atoms with van der Waals surface area (Å²) in [6.45, 7) is 0.522. The highest BCUT2D eigenvalue weighted by Crippen LogP contribution is 2.22. The van der Waals surface area contributed by atoms with E-state index in [1.165, 1.54) is 12.1 Å². The third kappa shape index (κ3) is 3.11. The molecule has 1 atom stereocenters. The molecule has 1 aromatic rings. The monoisotopic (exact) mass is 255 g/mol. The van der Waals surface area contributed by atoms with Crippen LogP contribution >= 0.6 is 0 Å². The van der Waals surface area contributed by atoms with Gasteiger partial charge in [-0.15, -0.1) is 0 Å². The number of hydrogen-bond acceptors (Lipinski definition) is 5. The van der Waals surface area contributed by atoms with Gasteiger partial charge in [-0.1, -0.05) is 0 Å². The Hall–Kier alpha value is -2.28. The Morgan fingerprint density at radius 3 is 2.44 bits per heavy atom. The number of carbonyl (C=O) groups excluding carboxylic acids is 1. The molecule has 0 saturated carbocycles. The van der Waals surface area contributed by atoms with Gasteiger partial charge in [0.05, 0.1) is 12.1 Å². The Bertz CT molecular complexity index is 482. The number of aliphatic carboxylic acids is 1. The van der Waals surface area contributed by atoms with E-state index in [2.05, 4.69) is 5.32 Å². The number of carboxylic acids is 1. The van der Waals surface area contributed by atoms with Crippen LogP contribution in [-0.4, -0.2) is 44.4 Å². The van der Waals surface area contributed by atoms with Crippen LogP contribution < -0.4 is 5.32 Å². The van der Waals surface area contributed by atoms with E-state index in [-0.39, 0.29) is 11.3 Å². The minimum Gasteiger partial charge on any atom is -0.508 e. The Morgan fingerprint density at radius 2 is 1.94 bits per heavy atom. The summed E-state index contributed by atoms with van der Waals surface area (Å²) in [5.41, 5.74) is -2.23. The fourth-order valence-corrected chi connectivity index (χ4v) is 1.14. The molecule has 0 saturated heterocycles. The predicted octanol–water partition coefficient (Wildman–Crippen LogP) is -0.337. The largest absolute Gasteiger partial charge is 0.508 e. The van der Waals surface area contributed by atoms with E-state index in [1.807, 2.05) is 0 Å². The van der Waals surface area contributed by atoms with Crippen molar-refractivity contribution in [3.8, 4) is 11.5 Å². The summed E-state index contributed by atoms with van der Waals surface area (Å²) in [6.07, 6.45) is 0. The van der Waals surface area contributed by atoms with Gasteiger partial charge in [0.2, 0.25) is 0 Å². The maximum Gasteiger partial charge on any atom is 0.337 e. The highest BCUT2D eigenvalue weighted by atomic mass is 16.4. The zero-order valence-electron chi connectivity index (χ0n) is 9.54. The highest BCUT2D eigenvalue weighted by Gasteiger charge is 2.30. The van der Waals surface area contributed by atoms with Gasteiger partial charge in [0.15, 0.2) is 5.60 Å². The van der Waals surface area contributed by atoms with E-state index in [1.54, 1.807) is 0 Å². The van der Waals surface area contributed by atoms with Crippen LogP contribution in [0.5, 0.6) is 11.5 Å². The quantitative estimate of drug-likeness (QED) is 0.501. The molecular weight excluding hydrogens is 242 g/mol. The lowest BCUT2D eigenvalue weighted by molar-refractivity contribution is -0.155. The first-order valence-electron chi connectivity index (χ1n) is 5.00. The van der Waals surface area contributed by atoms with Crippen LogP contribution in [0, 0.1) is 0 Å². The average molecular weight is 255 g/mol. The van der Waals surface area contributed by atoms with Crippen molar-refractivity contribution in [3.05, 3.63) is 23.8 Å². The van der Waals surface area contributed by atoms with Crippen LogP contribution in [0.3, 0.4) is 0 Å². The molecule has 18 heavy (non-hydrogen) atoms. The Labute approximate surface area is 102 Å². The summed E-state index contributed by atoms with van der Waals surface area (Å²) >= 11 is 0. The number of aromatic hydroxyl groups is 2.